The lowest BCUT2D eigenvalue weighted by molar-refractivity contribution is -0.120. The van der Waals surface area contributed by atoms with Crippen LogP contribution in [0.3, 0.4) is 0 Å². The van der Waals surface area contributed by atoms with Crippen LogP contribution in [0.4, 0.5) is 5.00 Å². The average molecular weight is 209 g/mol. The molecule has 1 aromatic rings. The molecule has 0 atom stereocenters. The number of hydrogen-bond acceptors (Lipinski definition) is 2. The van der Waals surface area contributed by atoms with E-state index in [9.17, 15) is 4.79 Å². The predicted octanol–water partition coefficient (Wildman–Crippen LogP) is 3.27. The van der Waals surface area contributed by atoms with Crippen molar-refractivity contribution in [2.45, 2.75) is 32.1 Å². The molecule has 2 rings (SSSR count). The van der Waals surface area contributed by atoms with Gasteiger partial charge in [-0.05, 0) is 30.4 Å². The summed E-state index contributed by atoms with van der Waals surface area (Å²) < 4.78 is 0. The molecule has 1 heterocycles. The van der Waals surface area contributed by atoms with Crippen LogP contribution in [-0.2, 0) is 4.79 Å². The van der Waals surface area contributed by atoms with Crippen molar-refractivity contribution in [3.8, 4) is 0 Å². The van der Waals surface area contributed by atoms with Crippen LogP contribution in [0, 0.1) is 5.92 Å². The molecule has 1 N–H and O–H groups in total. The van der Waals surface area contributed by atoms with E-state index in [1.807, 2.05) is 17.5 Å². The Labute approximate surface area is 88.3 Å². The number of carbonyl (C=O) groups is 1. The van der Waals surface area contributed by atoms with Gasteiger partial charge in [0.15, 0.2) is 0 Å². The maximum absolute atomic E-state index is 11.8. The lowest BCUT2D eigenvalue weighted by Gasteiger charge is -2.20. The molecule has 0 aromatic carbocycles. The van der Waals surface area contributed by atoms with Crippen LogP contribution in [0.15, 0.2) is 17.5 Å². The van der Waals surface area contributed by atoms with Gasteiger partial charge in [-0.15, -0.1) is 11.3 Å². The Hall–Kier alpha value is -0.830. The summed E-state index contributed by atoms with van der Waals surface area (Å²) in [4.78, 5) is 11.8. The monoisotopic (exact) mass is 209 g/mol. The summed E-state index contributed by atoms with van der Waals surface area (Å²) in [6.07, 6.45) is 5.85. The molecule has 0 saturated heterocycles. The van der Waals surface area contributed by atoms with Crippen molar-refractivity contribution in [1.29, 1.82) is 0 Å². The molecule has 0 aliphatic heterocycles. The molecular weight excluding hydrogens is 194 g/mol. The molecule has 1 saturated carbocycles. The van der Waals surface area contributed by atoms with Crippen LogP contribution in [-0.4, -0.2) is 5.91 Å². The summed E-state index contributed by atoms with van der Waals surface area (Å²) in [5.74, 6) is 0.470. The first-order valence-corrected chi connectivity index (χ1v) is 6.08. The number of thiophene rings is 1. The van der Waals surface area contributed by atoms with E-state index >= 15 is 0 Å². The highest BCUT2D eigenvalue weighted by Crippen LogP contribution is 2.25. The maximum atomic E-state index is 11.8. The van der Waals surface area contributed by atoms with Gasteiger partial charge in [0, 0.05) is 5.92 Å². The van der Waals surface area contributed by atoms with E-state index in [1.54, 1.807) is 11.3 Å². The summed E-state index contributed by atoms with van der Waals surface area (Å²) >= 11 is 1.58. The smallest absolute Gasteiger partial charge is 0.228 e. The van der Waals surface area contributed by atoms with Gasteiger partial charge >= 0.3 is 0 Å². The van der Waals surface area contributed by atoms with Gasteiger partial charge in [0.25, 0.3) is 0 Å². The van der Waals surface area contributed by atoms with E-state index in [-0.39, 0.29) is 11.8 Å². The molecule has 1 aliphatic carbocycles. The van der Waals surface area contributed by atoms with Crippen molar-refractivity contribution in [1.82, 2.24) is 0 Å². The zero-order chi connectivity index (χ0) is 9.80. The molecule has 1 amide bonds. The van der Waals surface area contributed by atoms with E-state index in [0.29, 0.717) is 0 Å². The first-order valence-electron chi connectivity index (χ1n) is 5.20. The summed E-state index contributed by atoms with van der Waals surface area (Å²) in [5.41, 5.74) is 0. The van der Waals surface area contributed by atoms with Crippen molar-refractivity contribution < 1.29 is 4.79 Å². The van der Waals surface area contributed by atoms with E-state index in [2.05, 4.69) is 5.32 Å². The average Bonchev–Trinajstić information content (AvgIpc) is 2.72. The van der Waals surface area contributed by atoms with E-state index in [4.69, 9.17) is 0 Å². The van der Waals surface area contributed by atoms with Gasteiger partial charge < -0.3 is 5.32 Å². The Morgan fingerprint density at radius 2 is 2.14 bits per heavy atom. The highest BCUT2D eigenvalue weighted by Gasteiger charge is 2.20. The topological polar surface area (TPSA) is 29.1 Å². The third kappa shape index (κ3) is 2.35. The molecule has 3 heteroatoms. The van der Waals surface area contributed by atoms with E-state index in [1.165, 1.54) is 19.3 Å². The third-order valence-corrected chi connectivity index (χ3v) is 3.53. The molecule has 1 fully saturated rings. The Morgan fingerprint density at radius 3 is 2.79 bits per heavy atom. The molecule has 1 aliphatic rings. The second-order valence-electron chi connectivity index (χ2n) is 3.80. The molecule has 14 heavy (non-hydrogen) atoms. The highest BCUT2D eigenvalue weighted by atomic mass is 32.1. The van der Waals surface area contributed by atoms with Crippen molar-refractivity contribution in [3.05, 3.63) is 17.5 Å². The van der Waals surface area contributed by atoms with Gasteiger partial charge in [0.1, 0.15) is 0 Å². The Kier molecular flexibility index (Phi) is 3.19. The molecule has 0 bridgehead atoms. The van der Waals surface area contributed by atoms with Crippen LogP contribution in [0.25, 0.3) is 0 Å². The first kappa shape index (κ1) is 9.71. The van der Waals surface area contributed by atoms with Gasteiger partial charge in [-0.25, -0.2) is 0 Å². The lowest BCUT2D eigenvalue weighted by atomic mass is 9.89. The van der Waals surface area contributed by atoms with Crippen molar-refractivity contribution in [2.24, 2.45) is 5.92 Å². The van der Waals surface area contributed by atoms with Crippen molar-refractivity contribution in [2.75, 3.05) is 5.32 Å². The fraction of sp³-hybridized carbons (Fsp3) is 0.545. The van der Waals surface area contributed by atoms with Crippen molar-refractivity contribution >= 4 is 22.2 Å². The SMILES string of the molecule is O=C(Nc1cccs1)C1CCCCC1. The minimum atomic E-state index is 0.215. The summed E-state index contributed by atoms with van der Waals surface area (Å²) in [5, 5.41) is 5.93. The molecule has 2 nitrogen and oxygen atoms in total. The van der Waals surface area contributed by atoms with Crippen LogP contribution in [0.1, 0.15) is 32.1 Å². The van der Waals surface area contributed by atoms with Crippen LogP contribution in [0.5, 0.6) is 0 Å². The van der Waals surface area contributed by atoms with Crippen LogP contribution < -0.4 is 5.32 Å². The molecule has 0 unspecified atom stereocenters. The maximum Gasteiger partial charge on any atom is 0.228 e. The number of nitrogens with one attached hydrogen (secondary N) is 1. The Balaban J connectivity index is 1.88. The van der Waals surface area contributed by atoms with Gasteiger partial charge in [-0.3, -0.25) is 4.79 Å². The molecule has 76 valence electrons. The lowest BCUT2D eigenvalue weighted by Crippen LogP contribution is -2.24. The van der Waals surface area contributed by atoms with E-state index < -0.39 is 0 Å². The zero-order valence-corrected chi connectivity index (χ0v) is 8.98. The third-order valence-electron chi connectivity index (χ3n) is 2.74. The number of carbonyl (C=O) groups excluding carboxylic acids is 1. The van der Waals surface area contributed by atoms with Crippen LogP contribution >= 0.6 is 11.3 Å². The molecule has 0 spiro atoms. The second-order valence-corrected chi connectivity index (χ2v) is 4.75. The Bertz CT molecular complexity index is 288. The summed E-state index contributed by atoms with van der Waals surface area (Å²) in [7, 11) is 0. The summed E-state index contributed by atoms with van der Waals surface area (Å²) in [6.45, 7) is 0. The minimum Gasteiger partial charge on any atom is -0.317 e. The first-order chi connectivity index (χ1) is 6.86. The fourth-order valence-corrected chi connectivity index (χ4v) is 2.56. The highest BCUT2D eigenvalue weighted by molar-refractivity contribution is 7.14. The van der Waals surface area contributed by atoms with Crippen LogP contribution in [0.2, 0.25) is 0 Å². The quantitative estimate of drug-likeness (QED) is 0.795. The predicted molar refractivity (Wildman–Crippen MR) is 59.5 cm³/mol. The number of rotatable bonds is 2. The standard InChI is InChI=1S/C11H15NOS/c13-11(9-5-2-1-3-6-9)12-10-7-4-8-14-10/h4,7-9H,1-3,5-6H2,(H,12,13). The number of hydrogen-bond donors (Lipinski definition) is 1. The second kappa shape index (κ2) is 4.60. The number of anilines is 1. The van der Waals surface area contributed by atoms with Gasteiger partial charge in [-0.1, -0.05) is 19.3 Å². The van der Waals surface area contributed by atoms with Gasteiger partial charge in [0.2, 0.25) is 5.91 Å². The number of amides is 1. The molecule has 0 radical (unpaired) electrons. The fourth-order valence-electron chi connectivity index (χ4n) is 1.94. The van der Waals surface area contributed by atoms with E-state index in [0.717, 1.165) is 17.8 Å². The molecular formula is C11H15NOS. The van der Waals surface area contributed by atoms with Crippen molar-refractivity contribution in [3.63, 3.8) is 0 Å². The van der Waals surface area contributed by atoms with Gasteiger partial charge in [0.05, 0.1) is 5.00 Å². The summed E-state index contributed by atoms with van der Waals surface area (Å²) in [6, 6.07) is 3.91. The largest absolute Gasteiger partial charge is 0.317 e. The Morgan fingerprint density at radius 1 is 1.36 bits per heavy atom. The zero-order valence-electron chi connectivity index (χ0n) is 8.16. The minimum absolute atomic E-state index is 0.215. The van der Waals surface area contributed by atoms with Gasteiger partial charge in [-0.2, -0.15) is 0 Å². The molecule has 1 aromatic heterocycles. The normalized spacial score (nSPS) is 18.0.